The molecule has 1 aromatic heterocycles. The van der Waals surface area contributed by atoms with Crippen molar-refractivity contribution in [3.63, 3.8) is 0 Å². The third kappa shape index (κ3) is 2.10. The Labute approximate surface area is 80.2 Å². The standard InChI is InChI=1S/C6H8BN3O4/c1-13-6(11)4-5(8)9-2-3(10-4)14-7-12/h2,7,12H,1H3,(H2,8,9). The van der Waals surface area contributed by atoms with E-state index in [1.807, 2.05) is 0 Å². The molecule has 8 heteroatoms. The molecule has 0 saturated carbocycles. The lowest BCUT2D eigenvalue weighted by Gasteiger charge is -2.04. The average Bonchev–Trinajstić information content (AvgIpc) is 2.20. The van der Waals surface area contributed by atoms with Gasteiger partial charge in [-0.25, -0.2) is 14.8 Å². The molecule has 0 amide bonds. The fraction of sp³-hybridized carbons (Fsp3) is 0.167. The Morgan fingerprint density at radius 1 is 1.71 bits per heavy atom. The average molecular weight is 197 g/mol. The van der Waals surface area contributed by atoms with Crippen LogP contribution in [0.15, 0.2) is 6.20 Å². The van der Waals surface area contributed by atoms with Crippen molar-refractivity contribution in [1.82, 2.24) is 9.97 Å². The summed E-state index contributed by atoms with van der Waals surface area (Å²) in [4.78, 5) is 18.4. The summed E-state index contributed by atoms with van der Waals surface area (Å²) in [5, 5.41) is 8.44. The first kappa shape index (κ1) is 10.3. The molecule has 0 spiro atoms. The Hall–Kier alpha value is -1.83. The van der Waals surface area contributed by atoms with Gasteiger partial charge in [0.05, 0.1) is 13.3 Å². The Bertz CT molecular complexity index is 346. The molecule has 0 aliphatic rings. The van der Waals surface area contributed by atoms with E-state index in [1.54, 1.807) is 0 Å². The van der Waals surface area contributed by atoms with Gasteiger partial charge in [-0.15, -0.1) is 0 Å². The number of hydrogen-bond acceptors (Lipinski definition) is 7. The molecule has 0 unspecified atom stereocenters. The molecule has 3 N–H and O–H groups in total. The minimum absolute atomic E-state index is 0.00194. The summed E-state index contributed by atoms with van der Waals surface area (Å²) in [6.07, 6.45) is 1.19. The lowest BCUT2D eigenvalue weighted by molar-refractivity contribution is 0.0594. The molecule has 0 saturated heterocycles. The van der Waals surface area contributed by atoms with Gasteiger partial charge in [-0.2, -0.15) is 0 Å². The molecule has 14 heavy (non-hydrogen) atoms. The zero-order chi connectivity index (χ0) is 10.6. The Morgan fingerprint density at radius 3 is 3.00 bits per heavy atom. The Balaban J connectivity index is 3.01. The van der Waals surface area contributed by atoms with E-state index in [4.69, 9.17) is 10.8 Å². The van der Waals surface area contributed by atoms with Crippen LogP contribution in [-0.4, -0.2) is 35.8 Å². The van der Waals surface area contributed by atoms with Crippen LogP contribution in [-0.2, 0) is 4.74 Å². The number of rotatable bonds is 3. The van der Waals surface area contributed by atoms with Gasteiger partial charge in [0.15, 0.2) is 11.5 Å². The van der Waals surface area contributed by atoms with Gasteiger partial charge in [-0.3, -0.25) is 0 Å². The van der Waals surface area contributed by atoms with Crippen LogP contribution in [0.4, 0.5) is 5.82 Å². The SMILES string of the molecule is COC(=O)c1nc(OBO)cnc1N. The van der Waals surface area contributed by atoms with Gasteiger partial charge < -0.3 is 20.1 Å². The number of methoxy groups -OCH3 is 1. The molecular weight excluding hydrogens is 189 g/mol. The minimum atomic E-state index is -0.710. The van der Waals surface area contributed by atoms with E-state index in [1.165, 1.54) is 13.3 Å². The Morgan fingerprint density at radius 2 is 2.43 bits per heavy atom. The molecule has 0 radical (unpaired) electrons. The highest BCUT2D eigenvalue weighted by Gasteiger charge is 2.14. The van der Waals surface area contributed by atoms with Crippen molar-refractivity contribution in [2.45, 2.75) is 0 Å². The third-order valence-corrected chi connectivity index (χ3v) is 1.37. The molecule has 1 rings (SSSR count). The molecule has 1 aromatic rings. The summed E-state index contributed by atoms with van der Waals surface area (Å²) in [5.74, 6) is -0.761. The second-order valence-electron chi connectivity index (χ2n) is 2.21. The number of anilines is 1. The second-order valence-corrected chi connectivity index (χ2v) is 2.21. The maximum Gasteiger partial charge on any atom is 0.505 e. The van der Waals surface area contributed by atoms with Crippen LogP contribution in [0.1, 0.15) is 10.5 Å². The summed E-state index contributed by atoms with van der Waals surface area (Å²) < 4.78 is 9.03. The predicted octanol–water partition coefficient (Wildman–Crippen LogP) is -1.52. The first-order valence-electron chi connectivity index (χ1n) is 3.63. The highest BCUT2D eigenvalue weighted by Crippen LogP contribution is 2.11. The fourth-order valence-corrected chi connectivity index (χ4v) is 0.765. The van der Waals surface area contributed by atoms with Crippen molar-refractivity contribution in [2.75, 3.05) is 12.8 Å². The van der Waals surface area contributed by atoms with Crippen molar-refractivity contribution in [2.24, 2.45) is 0 Å². The van der Waals surface area contributed by atoms with E-state index in [0.717, 1.165) is 0 Å². The number of esters is 1. The highest BCUT2D eigenvalue weighted by atomic mass is 16.5. The fourth-order valence-electron chi connectivity index (χ4n) is 0.765. The summed E-state index contributed by atoms with van der Waals surface area (Å²) in [7, 11) is 0.641. The number of nitrogen functional groups attached to an aromatic ring is 1. The van der Waals surface area contributed by atoms with Crippen molar-refractivity contribution in [3.05, 3.63) is 11.9 Å². The van der Waals surface area contributed by atoms with E-state index >= 15 is 0 Å². The van der Waals surface area contributed by atoms with Gasteiger partial charge in [-0.05, 0) is 0 Å². The summed E-state index contributed by atoms with van der Waals surface area (Å²) in [5.41, 5.74) is 5.23. The van der Waals surface area contributed by atoms with Crippen LogP contribution >= 0.6 is 0 Å². The topological polar surface area (TPSA) is 108 Å². The van der Waals surface area contributed by atoms with Crippen molar-refractivity contribution in [3.8, 4) is 5.88 Å². The van der Waals surface area contributed by atoms with Crippen molar-refractivity contribution >= 4 is 19.5 Å². The number of carbonyl (C=O) groups is 1. The lowest BCUT2D eigenvalue weighted by atomic mass is 10.4. The lowest BCUT2D eigenvalue weighted by Crippen LogP contribution is -2.12. The number of nitrogens with zero attached hydrogens (tertiary/aromatic N) is 2. The monoisotopic (exact) mass is 197 g/mol. The van der Waals surface area contributed by atoms with E-state index in [2.05, 4.69) is 19.4 Å². The van der Waals surface area contributed by atoms with Crippen LogP contribution in [0.5, 0.6) is 5.88 Å². The van der Waals surface area contributed by atoms with Gasteiger partial charge in [0.25, 0.3) is 0 Å². The van der Waals surface area contributed by atoms with E-state index < -0.39 is 13.7 Å². The minimum Gasteiger partial charge on any atom is -0.524 e. The summed E-state index contributed by atoms with van der Waals surface area (Å²) in [6, 6.07) is 0. The molecule has 0 aromatic carbocycles. The van der Waals surface area contributed by atoms with Crippen LogP contribution in [0, 0.1) is 0 Å². The molecule has 0 fully saturated rings. The number of ether oxygens (including phenoxy) is 1. The normalized spacial score (nSPS) is 9.29. The van der Waals surface area contributed by atoms with Crippen LogP contribution in [0.2, 0.25) is 0 Å². The predicted molar refractivity (Wildman–Crippen MR) is 47.8 cm³/mol. The molecule has 0 aliphatic carbocycles. The molecule has 0 aliphatic heterocycles. The molecule has 1 heterocycles. The number of nitrogens with two attached hydrogens (primary N) is 1. The molecule has 0 bridgehead atoms. The Kier molecular flexibility index (Phi) is 3.24. The van der Waals surface area contributed by atoms with Crippen LogP contribution in [0.25, 0.3) is 0 Å². The van der Waals surface area contributed by atoms with E-state index in [-0.39, 0.29) is 17.4 Å². The van der Waals surface area contributed by atoms with Crippen LogP contribution < -0.4 is 10.4 Å². The summed E-state index contributed by atoms with van der Waals surface area (Å²) in [6.45, 7) is 0. The van der Waals surface area contributed by atoms with Gasteiger partial charge >= 0.3 is 13.7 Å². The molecular formula is C6H8BN3O4. The van der Waals surface area contributed by atoms with Crippen molar-refractivity contribution < 1.29 is 19.2 Å². The largest absolute Gasteiger partial charge is 0.524 e. The number of aromatic nitrogens is 2. The van der Waals surface area contributed by atoms with Gasteiger partial charge in [0, 0.05) is 0 Å². The van der Waals surface area contributed by atoms with Crippen molar-refractivity contribution in [1.29, 1.82) is 0 Å². The first-order chi connectivity index (χ1) is 6.69. The van der Waals surface area contributed by atoms with Gasteiger partial charge in [0.1, 0.15) is 0 Å². The highest BCUT2D eigenvalue weighted by molar-refractivity contribution is 6.17. The quantitative estimate of drug-likeness (QED) is 0.447. The van der Waals surface area contributed by atoms with Gasteiger partial charge in [0.2, 0.25) is 5.88 Å². The third-order valence-electron chi connectivity index (χ3n) is 1.37. The zero-order valence-corrected chi connectivity index (χ0v) is 7.43. The maximum atomic E-state index is 11.1. The van der Waals surface area contributed by atoms with E-state index in [9.17, 15) is 4.79 Å². The number of hydrogen-bond donors (Lipinski definition) is 2. The molecule has 7 nitrogen and oxygen atoms in total. The zero-order valence-electron chi connectivity index (χ0n) is 7.43. The number of carbonyl (C=O) groups excluding carboxylic acids is 1. The summed E-state index contributed by atoms with van der Waals surface area (Å²) >= 11 is 0. The van der Waals surface area contributed by atoms with Crippen LogP contribution in [0.3, 0.4) is 0 Å². The molecule has 0 atom stereocenters. The molecule has 74 valence electrons. The van der Waals surface area contributed by atoms with Gasteiger partial charge in [-0.1, -0.05) is 0 Å². The maximum absolute atomic E-state index is 11.1. The van der Waals surface area contributed by atoms with E-state index in [0.29, 0.717) is 0 Å². The smallest absolute Gasteiger partial charge is 0.505 e. The second kappa shape index (κ2) is 4.42. The first-order valence-corrected chi connectivity index (χ1v) is 3.63.